The minimum absolute atomic E-state index is 0.656. The second-order valence-corrected chi connectivity index (χ2v) is 1.35. The van der Waals surface area contributed by atoms with Crippen molar-refractivity contribution < 1.29 is 4.84 Å². The lowest BCUT2D eigenvalue weighted by Crippen LogP contribution is -2.00. The van der Waals surface area contributed by atoms with E-state index >= 15 is 0 Å². The molecule has 0 spiro atoms. The van der Waals surface area contributed by atoms with Crippen molar-refractivity contribution in [2.24, 2.45) is 5.90 Å². The van der Waals surface area contributed by atoms with Gasteiger partial charge in [-0.1, -0.05) is 12.1 Å². The molecular formula is C6H6NO. The van der Waals surface area contributed by atoms with Gasteiger partial charge in [0.05, 0.1) is 0 Å². The molecule has 0 heterocycles. The Hall–Kier alpha value is -1.02. The molecule has 2 nitrogen and oxygen atoms in total. The van der Waals surface area contributed by atoms with Crippen LogP contribution in [0.4, 0.5) is 0 Å². The summed E-state index contributed by atoms with van der Waals surface area (Å²) in [6.45, 7) is 0. The van der Waals surface area contributed by atoms with Crippen LogP contribution in [-0.2, 0) is 0 Å². The average molecular weight is 108 g/mol. The van der Waals surface area contributed by atoms with E-state index in [1.807, 2.05) is 0 Å². The van der Waals surface area contributed by atoms with Crippen LogP contribution in [0.2, 0.25) is 0 Å². The fourth-order valence-corrected chi connectivity index (χ4v) is 0.450. The van der Waals surface area contributed by atoms with Gasteiger partial charge in [0.1, 0.15) is 5.75 Å². The molecule has 8 heavy (non-hydrogen) atoms. The molecule has 1 rings (SSSR count). The molecule has 0 aliphatic heterocycles. The Morgan fingerprint density at radius 3 is 2.38 bits per heavy atom. The van der Waals surface area contributed by atoms with E-state index in [1.54, 1.807) is 24.3 Å². The van der Waals surface area contributed by atoms with Gasteiger partial charge in [-0.3, -0.25) is 0 Å². The maximum absolute atomic E-state index is 4.84. The van der Waals surface area contributed by atoms with Crippen molar-refractivity contribution in [3.05, 3.63) is 30.3 Å². The molecule has 0 aromatic heterocycles. The molecule has 1 radical (unpaired) electrons. The number of nitrogens with two attached hydrogens (primary N) is 1. The van der Waals surface area contributed by atoms with Gasteiger partial charge in [-0.05, 0) is 18.2 Å². The summed E-state index contributed by atoms with van der Waals surface area (Å²) >= 11 is 0. The normalized spacial score (nSPS) is 8.62. The van der Waals surface area contributed by atoms with Crippen LogP contribution in [0.25, 0.3) is 0 Å². The number of hydrogen-bond acceptors (Lipinski definition) is 2. The Morgan fingerprint density at radius 2 is 2.00 bits per heavy atom. The zero-order chi connectivity index (χ0) is 5.82. The van der Waals surface area contributed by atoms with Gasteiger partial charge in [0, 0.05) is 0 Å². The van der Waals surface area contributed by atoms with Gasteiger partial charge >= 0.3 is 0 Å². The van der Waals surface area contributed by atoms with E-state index < -0.39 is 0 Å². The molecule has 0 bridgehead atoms. The summed E-state index contributed by atoms with van der Waals surface area (Å²) in [5.41, 5.74) is 0. The van der Waals surface area contributed by atoms with Gasteiger partial charge in [0.2, 0.25) is 0 Å². The molecule has 2 heteroatoms. The fraction of sp³-hybridized carbons (Fsp3) is 0. The van der Waals surface area contributed by atoms with Crippen LogP contribution < -0.4 is 10.7 Å². The summed E-state index contributed by atoms with van der Waals surface area (Å²) in [7, 11) is 0. The van der Waals surface area contributed by atoms with Crippen molar-refractivity contribution >= 4 is 0 Å². The first-order valence-corrected chi connectivity index (χ1v) is 2.26. The first-order valence-electron chi connectivity index (χ1n) is 2.26. The first kappa shape index (κ1) is 5.12. The Bertz CT molecular complexity index is 150. The highest BCUT2D eigenvalue weighted by molar-refractivity contribution is 5.19. The van der Waals surface area contributed by atoms with Gasteiger partial charge in [-0.25, -0.2) is 0 Å². The maximum atomic E-state index is 4.84. The van der Waals surface area contributed by atoms with E-state index in [4.69, 9.17) is 5.90 Å². The van der Waals surface area contributed by atoms with Crippen LogP contribution >= 0.6 is 0 Å². The molecule has 0 atom stereocenters. The Balaban J connectivity index is 2.83. The van der Waals surface area contributed by atoms with Crippen molar-refractivity contribution in [1.82, 2.24) is 0 Å². The largest absolute Gasteiger partial charge is 0.412 e. The van der Waals surface area contributed by atoms with Crippen LogP contribution in [0.15, 0.2) is 24.3 Å². The monoisotopic (exact) mass is 108 g/mol. The molecule has 0 amide bonds. The summed E-state index contributed by atoms with van der Waals surface area (Å²) in [5, 5.41) is 0. The topological polar surface area (TPSA) is 35.2 Å². The van der Waals surface area contributed by atoms with E-state index in [2.05, 4.69) is 10.9 Å². The molecule has 0 aliphatic carbocycles. The Morgan fingerprint density at radius 1 is 1.38 bits per heavy atom. The van der Waals surface area contributed by atoms with Crippen molar-refractivity contribution in [1.29, 1.82) is 0 Å². The van der Waals surface area contributed by atoms with Crippen molar-refractivity contribution in [2.75, 3.05) is 0 Å². The van der Waals surface area contributed by atoms with Crippen LogP contribution in [0.1, 0.15) is 0 Å². The summed E-state index contributed by atoms with van der Waals surface area (Å²) in [5.74, 6) is 5.49. The van der Waals surface area contributed by atoms with Gasteiger partial charge in [0.25, 0.3) is 0 Å². The molecule has 0 saturated carbocycles. The second kappa shape index (κ2) is 2.33. The van der Waals surface area contributed by atoms with E-state index in [9.17, 15) is 0 Å². The predicted molar refractivity (Wildman–Crippen MR) is 30.1 cm³/mol. The highest BCUT2D eigenvalue weighted by Crippen LogP contribution is 2.03. The van der Waals surface area contributed by atoms with Gasteiger partial charge in [-0.2, -0.15) is 5.90 Å². The Labute approximate surface area is 47.8 Å². The highest BCUT2D eigenvalue weighted by Gasteiger charge is 1.81. The highest BCUT2D eigenvalue weighted by atomic mass is 16.6. The van der Waals surface area contributed by atoms with Gasteiger partial charge < -0.3 is 4.84 Å². The number of hydrogen-bond donors (Lipinski definition) is 1. The molecule has 0 saturated heterocycles. The van der Waals surface area contributed by atoms with Crippen molar-refractivity contribution in [3.8, 4) is 5.75 Å². The van der Waals surface area contributed by atoms with Crippen LogP contribution in [-0.4, -0.2) is 0 Å². The zero-order valence-electron chi connectivity index (χ0n) is 4.29. The third-order valence-electron chi connectivity index (χ3n) is 0.824. The SMILES string of the molecule is NOc1cc[c]cc1. The molecule has 0 unspecified atom stereocenters. The van der Waals surface area contributed by atoms with Crippen molar-refractivity contribution in [2.45, 2.75) is 0 Å². The number of benzene rings is 1. The van der Waals surface area contributed by atoms with E-state index in [1.165, 1.54) is 0 Å². The maximum Gasteiger partial charge on any atom is 0.146 e. The Kier molecular flexibility index (Phi) is 1.49. The smallest absolute Gasteiger partial charge is 0.146 e. The number of rotatable bonds is 1. The summed E-state index contributed by atoms with van der Waals surface area (Å²) in [6, 6.07) is 9.78. The predicted octanol–water partition coefficient (Wildman–Crippen LogP) is 0.739. The molecular weight excluding hydrogens is 102 g/mol. The molecule has 0 fully saturated rings. The third-order valence-corrected chi connectivity index (χ3v) is 0.824. The second-order valence-electron chi connectivity index (χ2n) is 1.35. The summed E-state index contributed by atoms with van der Waals surface area (Å²) in [6.07, 6.45) is 0. The van der Waals surface area contributed by atoms with Crippen LogP contribution in [0.5, 0.6) is 5.75 Å². The van der Waals surface area contributed by atoms with Gasteiger partial charge in [0.15, 0.2) is 0 Å². The van der Waals surface area contributed by atoms with E-state index in [-0.39, 0.29) is 0 Å². The molecule has 41 valence electrons. The zero-order valence-corrected chi connectivity index (χ0v) is 4.29. The summed E-state index contributed by atoms with van der Waals surface area (Å²) in [4.78, 5) is 4.39. The third kappa shape index (κ3) is 0.978. The minimum atomic E-state index is 0.656. The molecule has 0 aliphatic rings. The molecule has 2 N–H and O–H groups in total. The first-order chi connectivity index (χ1) is 3.93. The lowest BCUT2D eigenvalue weighted by atomic mass is 10.3. The fourth-order valence-electron chi connectivity index (χ4n) is 0.450. The van der Waals surface area contributed by atoms with E-state index in [0.29, 0.717) is 5.75 Å². The minimum Gasteiger partial charge on any atom is -0.412 e. The lowest BCUT2D eigenvalue weighted by molar-refractivity contribution is 0.334. The standard InChI is InChI=1S/C6H6NO/c7-8-6-4-2-1-3-5-6/h2-5H,7H2. The summed E-state index contributed by atoms with van der Waals surface area (Å²) < 4.78 is 0. The van der Waals surface area contributed by atoms with Crippen LogP contribution in [0, 0.1) is 6.07 Å². The van der Waals surface area contributed by atoms with Crippen molar-refractivity contribution in [3.63, 3.8) is 0 Å². The molecule has 1 aromatic rings. The average Bonchev–Trinajstić information content (AvgIpc) is 1.90. The quantitative estimate of drug-likeness (QED) is 0.538. The molecule has 1 aromatic carbocycles. The van der Waals surface area contributed by atoms with Crippen LogP contribution in [0.3, 0.4) is 0 Å². The lowest BCUT2D eigenvalue weighted by Gasteiger charge is -1.92. The van der Waals surface area contributed by atoms with Gasteiger partial charge in [-0.15, -0.1) is 0 Å². The van der Waals surface area contributed by atoms with E-state index in [0.717, 1.165) is 0 Å².